The molecule has 3 atom stereocenters. The molecule has 0 bridgehead atoms. The number of carbonyl (C=O) groups is 1. The Bertz CT molecular complexity index is 360. The highest BCUT2D eigenvalue weighted by molar-refractivity contribution is 7.05. The van der Waals surface area contributed by atoms with E-state index in [0.29, 0.717) is 18.1 Å². The lowest BCUT2D eigenvalue weighted by molar-refractivity contribution is -0.123. The molecule has 2 fully saturated rings. The SMILES string of the molecule is O=C(Cc1ccns1)C1CCC2CC2C1. The Hall–Kier alpha value is -0.700. The van der Waals surface area contributed by atoms with E-state index in [2.05, 4.69) is 4.37 Å². The molecule has 0 saturated heterocycles. The van der Waals surface area contributed by atoms with Crippen LogP contribution in [-0.4, -0.2) is 10.2 Å². The standard InChI is InChI=1S/C12H15NOS/c14-12(7-11-3-4-13-15-11)9-2-1-8-5-10(8)6-9/h3-4,8-10H,1-2,5-7H2. The summed E-state index contributed by atoms with van der Waals surface area (Å²) in [6, 6.07) is 1.96. The molecule has 0 radical (unpaired) electrons. The Morgan fingerprint density at radius 3 is 3.07 bits per heavy atom. The summed E-state index contributed by atoms with van der Waals surface area (Å²) >= 11 is 1.46. The normalized spacial score (nSPS) is 33.5. The number of ketones is 1. The maximum absolute atomic E-state index is 12.0. The highest BCUT2D eigenvalue weighted by atomic mass is 32.1. The topological polar surface area (TPSA) is 30.0 Å². The molecule has 1 aromatic rings. The van der Waals surface area contributed by atoms with E-state index in [-0.39, 0.29) is 0 Å². The number of rotatable bonds is 3. The van der Waals surface area contributed by atoms with Gasteiger partial charge in [0.25, 0.3) is 0 Å². The minimum absolute atomic E-state index is 0.357. The minimum Gasteiger partial charge on any atom is -0.299 e. The van der Waals surface area contributed by atoms with Crippen molar-refractivity contribution in [2.24, 2.45) is 17.8 Å². The number of fused-ring (bicyclic) bond motifs is 1. The number of carbonyl (C=O) groups excluding carboxylic acids is 1. The summed E-state index contributed by atoms with van der Waals surface area (Å²) in [4.78, 5) is 13.1. The molecule has 0 N–H and O–H groups in total. The van der Waals surface area contributed by atoms with Crippen molar-refractivity contribution in [3.63, 3.8) is 0 Å². The first-order valence-corrected chi connectivity index (χ1v) is 6.52. The van der Waals surface area contributed by atoms with Gasteiger partial charge in [-0.3, -0.25) is 4.79 Å². The molecular weight excluding hydrogens is 206 g/mol. The van der Waals surface area contributed by atoms with Crippen LogP contribution in [0, 0.1) is 17.8 Å². The second-order valence-corrected chi connectivity index (χ2v) is 5.81. The third-order valence-corrected chi connectivity index (χ3v) is 4.58. The van der Waals surface area contributed by atoms with Crippen LogP contribution in [-0.2, 0) is 11.2 Å². The van der Waals surface area contributed by atoms with E-state index in [9.17, 15) is 4.79 Å². The molecule has 2 saturated carbocycles. The maximum atomic E-state index is 12.0. The quantitative estimate of drug-likeness (QED) is 0.785. The number of aromatic nitrogens is 1. The predicted molar refractivity (Wildman–Crippen MR) is 59.8 cm³/mol. The first kappa shape index (κ1) is 9.52. The zero-order valence-corrected chi connectivity index (χ0v) is 9.50. The summed E-state index contributed by atoms with van der Waals surface area (Å²) < 4.78 is 4.03. The van der Waals surface area contributed by atoms with Crippen LogP contribution in [0.15, 0.2) is 12.3 Å². The lowest BCUT2D eigenvalue weighted by Gasteiger charge is -2.19. The van der Waals surface area contributed by atoms with Gasteiger partial charge in [-0.05, 0) is 55.1 Å². The molecular formula is C12H15NOS. The highest BCUT2D eigenvalue weighted by Gasteiger charge is 2.43. The van der Waals surface area contributed by atoms with Gasteiger partial charge in [0.05, 0.1) is 0 Å². The first-order valence-electron chi connectivity index (χ1n) is 5.75. The van der Waals surface area contributed by atoms with Crippen molar-refractivity contribution >= 4 is 17.3 Å². The average Bonchev–Trinajstić information content (AvgIpc) is 2.85. The van der Waals surface area contributed by atoms with E-state index in [1.165, 1.54) is 30.8 Å². The second kappa shape index (κ2) is 3.71. The third-order valence-electron chi connectivity index (χ3n) is 3.84. The van der Waals surface area contributed by atoms with Gasteiger partial charge >= 0.3 is 0 Å². The molecule has 2 aliphatic carbocycles. The van der Waals surface area contributed by atoms with Crippen molar-refractivity contribution in [3.8, 4) is 0 Å². The highest BCUT2D eigenvalue weighted by Crippen LogP contribution is 2.51. The van der Waals surface area contributed by atoms with Crippen LogP contribution in [0.25, 0.3) is 0 Å². The number of hydrogen-bond donors (Lipinski definition) is 0. The molecule has 0 aliphatic heterocycles. The fraction of sp³-hybridized carbons (Fsp3) is 0.667. The van der Waals surface area contributed by atoms with Crippen molar-refractivity contribution < 1.29 is 4.79 Å². The van der Waals surface area contributed by atoms with E-state index >= 15 is 0 Å². The van der Waals surface area contributed by atoms with E-state index in [1.807, 2.05) is 6.07 Å². The van der Waals surface area contributed by atoms with Crippen LogP contribution >= 0.6 is 11.5 Å². The summed E-state index contributed by atoms with van der Waals surface area (Å²) in [7, 11) is 0. The second-order valence-electron chi connectivity index (χ2n) is 4.89. The molecule has 3 heteroatoms. The Balaban J connectivity index is 1.59. The zero-order valence-electron chi connectivity index (χ0n) is 8.69. The Kier molecular flexibility index (Phi) is 2.35. The van der Waals surface area contributed by atoms with Gasteiger partial charge in [-0.2, -0.15) is 0 Å². The zero-order chi connectivity index (χ0) is 10.3. The van der Waals surface area contributed by atoms with Gasteiger partial charge < -0.3 is 0 Å². The molecule has 1 aromatic heterocycles. The van der Waals surface area contributed by atoms with Crippen molar-refractivity contribution in [1.82, 2.24) is 4.37 Å². The van der Waals surface area contributed by atoms with Gasteiger partial charge in [-0.25, -0.2) is 4.37 Å². The van der Waals surface area contributed by atoms with Gasteiger partial charge in [0, 0.05) is 23.4 Å². The molecule has 80 valence electrons. The van der Waals surface area contributed by atoms with Crippen LogP contribution in [0.5, 0.6) is 0 Å². The lowest BCUT2D eigenvalue weighted by atomic mass is 9.85. The fourth-order valence-electron chi connectivity index (χ4n) is 2.79. The maximum Gasteiger partial charge on any atom is 0.141 e. The van der Waals surface area contributed by atoms with Crippen molar-refractivity contribution in [1.29, 1.82) is 0 Å². The van der Waals surface area contributed by atoms with Crippen LogP contribution < -0.4 is 0 Å². The van der Waals surface area contributed by atoms with Crippen molar-refractivity contribution in [2.45, 2.75) is 32.1 Å². The van der Waals surface area contributed by atoms with Crippen LogP contribution in [0.2, 0.25) is 0 Å². The van der Waals surface area contributed by atoms with Gasteiger partial charge in [-0.15, -0.1) is 0 Å². The number of Topliss-reactive ketones (excluding diaryl/α,β-unsaturated/α-hetero) is 1. The molecule has 3 unspecified atom stereocenters. The van der Waals surface area contributed by atoms with E-state index in [4.69, 9.17) is 0 Å². The smallest absolute Gasteiger partial charge is 0.141 e. The summed E-state index contributed by atoms with van der Waals surface area (Å²) in [5.41, 5.74) is 0. The third kappa shape index (κ3) is 1.98. The van der Waals surface area contributed by atoms with Crippen LogP contribution in [0.4, 0.5) is 0 Å². The van der Waals surface area contributed by atoms with Gasteiger partial charge in [0.1, 0.15) is 5.78 Å². The first-order chi connectivity index (χ1) is 7.33. The number of hydrogen-bond acceptors (Lipinski definition) is 3. The molecule has 15 heavy (non-hydrogen) atoms. The van der Waals surface area contributed by atoms with Gasteiger partial charge in [0.2, 0.25) is 0 Å². The molecule has 2 nitrogen and oxygen atoms in total. The minimum atomic E-state index is 0.357. The van der Waals surface area contributed by atoms with E-state index in [1.54, 1.807) is 6.20 Å². The van der Waals surface area contributed by atoms with Crippen LogP contribution in [0.3, 0.4) is 0 Å². The van der Waals surface area contributed by atoms with E-state index in [0.717, 1.165) is 23.1 Å². The molecule has 0 aromatic carbocycles. The summed E-state index contributed by atoms with van der Waals surface area (Å²) in [6.45, 7) is 0. The largest absolute Gasteiger partial charge is 0.299 e. The summed E-state index contributed by atoms with van der Waals surface area (Å²) in [5.74, 6) is 2.69. The fourth-order valence-corrected chi connectivity index (χ4v) is 3.38. The van der Waals surface area contributed by atoms with Crippen molar-refractivity contribution in [2.75, 3.05) is 0 Å². The Morgan fingerprint density at radius 2 is 2.33 bits per heavy atom. The number of nitrogens with zero attached hydrogens (tertiary/aromatic N) is 1. The van der Waals surface area contributed by atoms with Gasteiger partial charge in [0.15, 0.2) is 0 Å². The van der Waals surface area contributed by atoms with Crippen LogP contribution in [0.1, 0.15) is 30.6 Å². The molecule has 3 rings (SSSR count). The summed E-state index contributed by atoms with van der Waals surface area (Å²) in [6.07, 6.45) is 7.40. The Labute approximate surface area is 93.9 Å². The average molecular weight is 221 g/mol. The molecule has 0 amide bonds. The predicted octanol–water partition coefficient (Wildman–Crippen LogP) is 2.69. The van der Waals surface area contributed by atoms with E-state index < -0.39 is 0 Å². The monoisotopic (exact) mass is 221 g/mol. The molecule has 2 aliphatic rings. The molecule has 0 spiro atoms. The van der Waals surface area contributed by atoms with Crippen molar-refractivity contribution in [3.05, 3.63) is 17.1 Å². The lowest BCUT2D eigenvalue weighted by Crippen LogP contribution is -2.20. The van der Waals surface area contributed by atoms with Gasteiger partial charge in [-0.1, -0.05) is 0 Å². The molecule has 1 heterocycles. The summed E-state index contributed by atoms with van der Waals surface area (Å²) in [5, 5.41) is 0. The Morgan fingerprint density at radius 1 is 1.40 bits per heavy atom.